The molecule has 0 heterocycles. The molecule has 0 aromatic carbocycles. The first kappa shape index (κ1) is 13.0. The minimum Gasteiger partial charge on any atom is -0.391 e. The number of hydrogen-bond acceptors (Lipinski definition) is 2. The Morgan fingerprint density at radius 1 is 1.07 bits per heavy atom. The highest BCUT2D eigenvalue weighted by Crippen LogP contribution is 2.25. The van der Waals surface area contributed by atoms with Crippen LogP contribution in [-0.4, -0.2) is 35.2 Å². The van der Waals surface area contributed by atoms with Crippen LogP contribution in [0.5, 0.6) is 0 Å². The van der Waals surface area contributed by atoms with Gasteiger partial charge in [-0.3, -0.25) is 4.90 Å². The summed E-state index contributed by atoms with van der Waals surface area (Å²) < 4.78 is 0. The lowest BCUT2D eigenvalue weighted by Gasteiger charge is -2.33. The zero-order valence-corrected chi connectivity index (χ0v) is 10.7. The van der Waals surface area contributed by atoms with Gasteiger partial charge in [0.15, 0.2) is 0 Å². The molecule has 2 heteroatoms. The first-order valence-electron chi connectivity index (χ1n) is 6.42. The van der Waals surface area contributed by atoms with Gasteiger partial charge in [-0.25, -0.2) is 0 Å². The molecule has 0 radical (unpaired) electrons. The van der Waals surface area contributed by atoms with E-state index < -0.39 is 0 Å². The van der Waals surface area contributed by atoms with Crippen LogP contribution in [0.4, 0.5) is 0 Å². The summed E-state index contributed by atoms with van der Waals surface area (Å²) in [5.41, 5.74) is 0. The van der Waals surface area contributed by atoms with E-state index in [1.165, 1.54) is 12.8 Å². The van der Waals surface area contributed by atoms with Gasteiger partial charge in [-0.05, 0) is 31.1 Å². The maximum Gasteiger partial charge on any atom is 0.0695 e. The number of rotatable bonds is 5. The van der Waals surface area contributed by atoms with E-state index in [2.05, 4.69) is 32.6 Å². The zero-order chi connectivity index (χ0) is 11.4. The van der Waals surface area contributed by atoms with Crippen LogP contribution in [0.1, 0.15) is 47.0 Å². The van der Waals surface area contributed by atoms with Crippen LogP contribution in [0.3, 0.4) is 0 Å². The van der Waals surface area contributed by atoms with Crippen LogP contribution in [0, 0.1) is 11.8 Å². The highest BCUT2D eigenvalue weighted by atomic mass is 16.3. The van der Waals surface area contributed by atoms with E-state index in [0.717, 1.165) is 19.5 Å². The SMILES string of the molecule is CC(C)CN(CC(C)C)[C@@H]1CCC[C@H]1O. The number of hydrogen-bond donors (Lipinski definition) is 1. The van der Waals surface area contributed by atoms with Gasteiger partial charge < -0.3 is 5.11 Å². The van der Waals surface area contributed by atoms with E-state index in [1.807, 2.05) is 0 Å². The molecule has 1 aliphatic rings. The monoisotopic (exact) mass is 213 g/mol. The number of aliphatic hydroxyl groups is 1. The molecular formula is C13H27NO. The van der Waals surface area contributed by atoms with Gasteiger partial charge in [0, 0.05) is 19.1 Å². The minimum atomic E-state index is -0.0810. The fourth-order valence-corrected chi connectivity index (χ4v) is 2.63. The van der Waals surface area contributed by atoms with E-state index in [4.69, 9.17) is 0 Å². The fourth-order valence-electron chi connectivity index (χ4n) is 2.63. The fraction of sp³-hybridized carbons (Fsp3) is 1.00. The van der Waals surface area contributed by atoms with Crippen molar-refractivity contribution >= 4 is 0 Å². The van der Waals surface area contributed by atoms with E-state index in [9.17, 15) is 5.11 Å². The van der Waals surface area contributed by atoms with Crippen LogP contribution in [-0.2, 0) is 0 Å². The predicted octanol–water partition coefficient (Wildman–Crippen LogP) is 2.51. The molecular weight excluding hydrogens is 186 g/mol. The molecule has 0 aromatic heterocycles. The van der Waals surface area contributed by atoms with Crippen LogP contribution < -0.4 is 0 Å². The van der Waals surface area contributed by atoms with Gasteiger partial charge in [-0.15, -0.1) is 0 Å². The standard InChI is InChI=1S/C13H27NO/c1-10(2)8-14(9-11(3)4)12-6-5-7-13(12)15/h10-13,15H,5-9H2,1-4H3/t12-,13-/m1/s1. The lowest BCUT2D eigenvalue weighted by atomic mass is 10.1. The summed E-state index contributed by atoms with van der Waals surface area (Å²) in [5.74, 6) is 1.38. The smallest absolute Gasteiger partial charge is 0.0695 e. The Kier molecular flexibility index (Phi) is 5.07. The average Bonchev–Trinajstić information content (AvgIpc) is 2.48. The second-order valence-corrected chi connectivity index (χ2v) is 5.81. The Bertz CT molecular complexity index is 169. The Labute approximate surface area is 94.7 Å². The van der Waals surface area contributed by atoms with E-state index in [0.29, 0.717) is 17.9 Å². The van der Waals surface area contributed by atoms with Crippen molar-refractivity contribution in [2.75, 3.05) is 13.1 Å². The van der Waals surface area contributed by atoms with Crippen molar-refractivity contribution in [2.45, 2.75) is 59.1 Å². The van der Waals surface area contributed by atoms with E-state index in [-0.39, 0.29) is 6.10 Å². The highest BCUT2D eigenvalue weighted by molar-refractivity contribution is 4.85. The third-order valence-electron chi connectivity index (χ3n) is 3.11. The van der Waals surface area contributed by atoms with Crippen molar-refractivity contribution in [3.8, 4) is 0 Å². The molecule has 0 spiro atoms. The molecule has 0 aromatic rings. The van der Waals surface area contributed by atoms with Crippen molar-refractivity contribution in [2.24, 2.45) is 11.8 Å². The summed E-state index contributed by atoms with van der Waals surface area (Å²) in [6.07, 6.45) is 3.29. The van der Waals surface area contributed by atoms with E-state index in [1.54, 1.807) is 0 Å². The third-order valence-corrected chi connectivity index (χ3v) is 3.11. The van der Waals surface area contributed by atoms with Gasteiger partial charge in [-0.2, -0.15) is 0 Å². The Morgan fingerprint density at radius 2 is 1.60 bits per heavy atom. The molecule has 0 bridgehead atoms. The largest absolute Gasteiger partial charge is 0.391 e. The van der Waals surface area contributed by atoms with Gasteiger partial charge in [0.2, 0.25) is 0 Å². The van der Waals surface area contributed by atoms with Crippen LogP contribution in [0.25, 0.3) is 0 Å². The summed E-state index contributed by atoms with van der Waals surface area (Å²) in [6.45, 7) is 11.3. The van der Waals surface area contributed by atoms with Gasteiger partial charge in [0.1, 0.15) is 0 Å². The Morgan fingerprint density at radius 3 is 1.93 bits per heavy atom. The molecule has 1 fully saturated rings. The van der Waals surface area contributed by atoms with Crippen LogP contribution >= 0.6 is 0 Å². The lowest BCUT2D eigenvalue weighted by Crippen LogP contribution is -2.44. The van der Waals surface area contributed by atoms with Gasteiger partial charge in [0.25, 0.3) is 0 Å². The molecule has 1 N–H and O–H groups in total. The zero-order valence-electron chi connectivity index (χ0n) is 10.7. The average molecular weight is 213 g/mol. The maximum absolute atomic E-state index is 9.94. The van der Waals surface area contributed by atoms with Crippen molar-refractivity contribution < 1.29 is 5.11 Å². The molecule has 0 saturated heterocycles. The third kappa shape index (κ3) is 4.12. The first-order chi connectivity index (χ1) is 7.00. The summed E-state index contributed by atoms with van der Waals surface area (Å²) in [5, 5.41) is 9.94. The number of nitrogens with zero attached hydrogens (tertiary/aromatic N) is 1. The molecule has 1 rings (SSSR count). The minimum absolute atomic E-state index is 0.0810. The first-order valence-corrected chi connectivity index (χ1v) is 6.42. The van der Waals surface area contributed by atoms with Crippen molar-refractivity contribution in [3.63, 3.8) is 0 Å². The molecule has 0 aliphatic heterocycles. The predicted molar refractivity (Wildman–Crippen MR) is 64.9 cm³/mol. The Balaban J connectivity index is 2.53. The van der Waals surface area contributed by atoms with Crippen molar-refractivity contribution in [1.82, 2.24) is 4.90 Å². The highest BCUT2D eigenvalue weighted by Gasteiger charge is 2.30. The second kappa shape index (κ2) is 5.86. The molecule has 0 unspecified atom stereocenters. The quantitative estimate of drug-likeness (QED) is 0.758. The second-order valence-electron chi connectivity index (χ2n) is 5.81. The molecule has 1 aliphatic carbocycles. The molecule has 2 atom stereocenters. The maximum atomic E-state index is 9.94. The van der Waals surface area contributed by atoms with Crippen molar-refractivity contribution in [3.05, 3.63) is 0 Å². The number of aliphatic hydroxyl groups excluding tert-OH is 1. The summed E-state index contributed by atoms with van der Waals surface area (Å²) in [7, 11) is 0. The summed E-state index contributed by atoms with van der Waals surface area (Å²) >= 11 is 0. The topological polar surface area (TPSA) is 23.5 Å². The molecule has 15 heavy (non-hydrogen) atoms. The van der Waals surface area contributed by atoms with Gasteiger partial charge in [0.05, 0.1) is 6.10 Å². The van der Waals surface area contributed by atoms with Gasteiger partial charge in [-0.1, -0.05) is 27.7 Å². The summed E-state index contributed by atoms with van der Waals surface area (Å²) in [4.78, 5) is 2.51. The van der Waals surface area contributed by atoms with E-state index >= 15 is 0 Å². The van der Waals surface area contributed by atoms with Gasteiger partial charge >= 0.3 is 0 Å². The lowest BCUT2D eigenvalue weighted by molar-refractivity contribution is 0.0563. The normalized spacial score (nSPS) is 27.2. The van der Waals surface area contributed by atoms with Crippen molar-refractivity contribution in [1.29, 1.82) is 0 Å². The summed E-state index contributed by atoms with van der Waals surface area (Å²) in [6, 6.07) is 0.426. The Hall–Kier alpha value is -0.0800. The van der Waals surface area contributed by atoms with Crippen LogP contribution in [0.15, 0.2) is 0 Å². The van der Waals surface area contributed by atoms with Crippen LogP contribution in [0.2, 0.25) is 0 Å². The molecule has 90 valence electrons. The molecule has 2 nitrogen and oxygen atoms in total. The molecule has 0 amide bonds. The molecule has 1 saturated carbocycles.